The molecule has 0 atom stereocenters. The summed E-state index contributed by atoms with van der Waals surface area (Å²) in [6.45, 7) is 1.81. The Morgan fingerprint density at radius 2 is 2.29 bits per heavy atom. The normalized spacial score (nSPS) is 16.1. The molecule has 0 aromatic heterocycles. The topological polar surface area (TPSA) is 54.3 Å². The van der Waals surface area contributed by atoms with Gasteiger partial charge in [-0.1, -0.05) is 5.16 Å². The summed E-state index contributed by atoms with van der Waals surface area (Å²) in [6.07, 6.45) is 0. The molecule has 92 valence electrons. The monoisotopic (exact) mass is 236 g/mol. The van der Waals surface area contributed by atoms with E-state index < -0.39 is 0 Å². The van der Waals surface area contributed by atoms with Crippen molar-refractivity contribution in [2.24, 2.45) is 5.16 Å². The van der Waals surface area contributed by atoms with Crippen LogP contribution in [0.3, 0.4) is 0 Å². The van der Waals surface area contributed by atoms with Crippen LogP contribution in [0.15, 0.2) is 23.4 Å². The second-order valence-electron chi connectivity index (χ2n) is 4.15. The molecule has 5 heteroatoms. The molecule has 0 amide bonds. The smallest absolute Gasteiger partial charge is 0.134 e. The van der Waals surface area contributed by atoms with Crippen molar-refractivity contribution in [3.05, 3.63) is 23.8 Å². The summed E-state index contributed by atoms with van der Waals surface area (Å²) in [4.78, 5) is 2.06. The third kappa shape index (κ3) is 2.68. The van der Waals surface area contributed by atoms with Crippen LogP contribution in [0.1, 0.15) is 5.56 Å². The summed E-state index contributed by atoms with van der Waals surface area (Å²) in [5.74, 6) is 1.48. The third-order valence-electron chi connectivity index (χ3n) is 2.56. The van der Waals surface area contributed by atoms with Gasteiger partial charge in [0.2, 0.25) is 0 Å². The number of rotatable bonds is 4. The lowest BCUT2D eigenvalue weighted by Crippen LogP contribution is -2.19. The quantitative estimate of drug-likeness (QED) is 0.630. The van der Waals surface area contributed by atoms with E-state index in [1.165, 1.54) is 0 Å². The van der Waals surface area contributed by atoms with E-state index >= 15 is 0 Å². The van der Waals surface area contributed by atoms with Crippen LogP contribution in [0.5, 0.6) is 11.5 Å². The fraction of sp³-hybridized carbons (Fsp3) is 0.417. The summed E-state index contributed by atoms with van der Waals surface area (Å²) in [6, 6.07) is 5.53. The Balaban J connectivity index is 2.03. The highest BCUT2D eigenvalue weighted by Gasteiger charge is 2.20. The Morgan fingerprint density at radius 1 is 1.47 bits per heavy atom. The molecule has 0 spiro atoms. The summed E-state index contributed by atoms with van der Waals surface area (Å²) in [5, 5.41) is 11.9. The Hall–Kier alpha value is -1.75. The van der Waals surface area contributed by atoms with Gasteiger partial charge in [-0.3, -0.25) is 0 Å². The molecular formula is C12H16N2O3. The average Bonchev–Trinajstić information content (AvgIpc) is 2.70. The molecule has 1 aliphatic heterocycles. The molecule has 0 radical (unpaired) electrons. The molecule has 5 nitrogen and oxygen atoms in total. The molecule has 17 heavy (non-hydrogen) atoms. The van der Waals surface area contributed by atoms with Crippen molar-refractivity contribution < 1.29 is 14.7 Å². The van der Waals surface area contributed by atoms with Crippen molar-refractivity contribution in [2.75, 3.05) is 33.9 Å². The van der Waals surface area contributed by atoms with Gasteiger partial charge in [0, 0.05) is 18.2 Å². The van der Waals surface area contributed by atoms with E-state index in [0.717, 1.165) is 17.9 Å². The summed E-state index contributed by atoms with van der Waals surface area (Å²) >= 11 is 0. The first-order chi connectivity index (χ1) is 8.20. The second kappa shape index (κ2) is 5.05. The maximum absolute atomic E-state index is 8.76. The number of fused-ring (bicyclic) bond motifs is 1. The van der Waals surface area contributed by atoms with Gasteiger partial charge in [0.05, 0.1) is 0 Å². The van der Waals surface area contributed by atoms with Gasteiger partial charge < -0.3 is 19.6 Å². The van der Waals surface area contributed by atoms with E-state index in [1.807, 2.05) is 32.3 Å². The van der Waals surface area contributed by atoms with E-state index in [-0.39, 0.29) is 0 Å². The number of hydrogen-bond acceptors (Lipinski definition) is 5. The Kier molecular flexibility index (Phi) is 3.49. The molecule has 1 N–H and O–H groups in total. The highest BCUT2D eigenvalue weighted by atomic mass is 16.5. The lowest BCUT2D eigenvalue weighted by molar-refractivity contribution is 0.260. The van der Waals surface area contributed by atoms with Crippen LogP contribution in [0.2, 0.25) is 0 Å². The first-order valence-electron chi connectivity index (χ1n) is 5.46. The fourth-order valence-electron chi connectivity index (χ4n) is 1.60. The lowest BCUT2D eigenvalue weighted by Gasteiger charge is -2.11. The zero-order valence-electron chi connectivity index (χ0n) is 10.0. The molecule has 1 aromatic carbocycles. The summed E-state index contributed by atoms with van der Waals surface area (Å²) in [5.41, 5.74) is 1.38. The molecule has 1 heterocycles. The number of ether oxygens (including phenoxy) is 2. The van der Waals surface area contributed by atoms with Crippen molar-refractivity contribution >= 4 is 5.71 Å². The van der Waals surface area contributed by atoms with Crippen molar-refractivity contribution in [3.8, 4) is 11.5 Å². The van der Waals surface area contributed by atoms with Crippen molar-refractivity contribution in [1.29, 1.82) is 0 Å². The summed E-state index contributed by atoms with van der Waals surface area (Å²) in [7, 11) is 4.00. The standard InChI is InChI=1S/C12H16N2O3/c1-14(2)5-6-16-9-3-4-10-11(13-15)8-17-12(10)7-9/h3-4,7,15H,5-6,8H2,1-2H3. The maximum Gasteiger partial charge on any atom is 0.134 e. The van der Waals surface area contributed by atoms with Crippen LogP contribution in [-0.2, 0) is 0 Å². The molecule has 0 aliphatic carbocycles. The molecular weight excluding hydrogens is 220 g/mol. The van der Waals surface area contributed by atoms with Gasteiger partial charge in [-0.25, -0.2) is 0 Å². The van der Waals surface area contributed by atoms with Crippen molar-refractivity contribution in [1.82, 2.24) is 4.90 Å². The van der Waals surface area contributed by atoms with Gasteiger partial charge in [0.25, 0.3) is 0 Å². The lowest BCUT2D eigenvalue weighted by atomic mass is 10.1. The predicted molar refractivity (Wildman–Crippen MR) is 64.3 cm³/mol. The zero-order valence-corrected chi connectivity index (χ0v) is 10.0. The minimum Gasteiger partial charge on any atom is -0.492 e. The SMILES string of the molecule is CN(C)CCOc1ccc2c(c1)OCC2=NO. The van der Waals surface area contributed by atoms with Crippen LogP contribution in [-0.4, -0.2) is 49.7 Å². The third-order valence-corrected chi connectivity index (χ3v) is 2.56. The zero-order chi connectivity index (χ0) is 12.3. The highest BCUT2D eigenvalue weighted by Crippen LogP contribution is 2.29. The Morgan fingerprint density at radius 3 is 3.00 bits per heavy atom. The minimum atomic E-state index is 0.312. The molecule has 0 bridgehead atoms. The van der Waals surface area contributed by atoms with Crippen molar-refractivity contribution in [3.63, 3.8) is 0 Å². The molecule has 2 rings (SSSR count). The molecule has 0 saturated heterocycles. The maximum atomic E-state index is 8.76. The van der Waals surface area contributed by atoms with Crippen LogP contribution in [0, 0.1) is 0 Å². The van der Waals surface area contributed by atoms with Crippen molar-refractivity contribution in [2.45, 2.75) is 0 Å². The first-order valence-corrected chi connectivity index (χ1v) is 5.46. The van der Waals surface area contributed by atoms with Gasteiger partial charge in [-0.05, 0) is 26.2 Å². The van der Waals surface area contributed by atoms with Gasteiger partial charge in [0.1, 0.15) is 30.4 Å². The van der Waals surface area contributed by atoms with E-state index in [1.54, 1.807) is 0 Å². The molecule has 1 aliphatic rings. The van der Waals surface area contributed by atoms with E-state index in [9.17, 15) is 0 Å². The summed E-state index contributed by atoms with van der Waals surface area (Å²) < 4.78 is 11.0. The van der Waals surface area contributed by atoms with E-state index in [2.05, 4.69) is 10.1 Å². The van der Waals surface area contributed by atoms with E-state index in [4.69, 9.17) is 14.7 Å². The van der Waals surface area contributed by atoms with Crippen LogP contribution >= 0.6 is 0 Å². The number of oxime groups is 1. The Bertz CT molecular complexity index is 430. The molecule has 0 saturated carbocycles. The second-order valence-corrected chi connectivity index (χ2v) is 4.15. The van der Waals surface area contributed by atoms with Gasteiger partial charge in [-0.15, -0.1) is 0 Å². The highest BCUT2D eigenvalue weighted by molar-refractivity contribution is 6.05. The number of nitrogens with zero attached hydrogens (tertiary/aromatic N) is 2. The van der Waals surface area contributed by atoms with Gasteiger partial charge >= 0.3 is 0 Å². The molecule has 0 fully saturated rings. The molecule has 1 aromatic rings. The van der Waals surface area contributed by atoms with Crippen LogP contribution in [0.4, 0.5) is 0 Å². The number of benzene rings is 1. The number of likely N-dealkylation sites (N-methyl/N-ethyl adjacent to an activating group) is 1. The fourth-order valence-corrected chi connectivity index (χ4v) is 1.60. The molecule has 0 unspecified atom stereocenters. The average molecular weight is 236 g/mol. The van der Waals surface area contributed by atoms with Crippen LogP contribution < -0.4 is 9.47 Å². The Labute approximate surface area is 100 Å². The largest absolute Gasteiger partial charge is 0.492 e. The van der Waals surface area contributed by atoms with Crippen LogP contribution in [0.25, 0.3) is 0 Å². The number of hydrogen-bond donors (Lipinski definition) is 1. The van der Waals surface area contributed by atoms with Gasteiger partial charge in [0.15, 0.2) is 0 Å². The first kappa shape index (κ1) is 11.7. The van der Waals surface area contributed by atoms with E-state index in [0.29, 0.717) is 24.7 Å². The minimum absolute atomic E-state index is 0.312. The van der Waals surface area contributed by atoms with Gasteiger partial charge in [-0.2, -0.15) is 0 Å². The predicted octanol–water partition coefficient (Wildman–Crippen LogP) is 1.20.